The van der Waals surface area contributed by atoms with Crippen LogP contribution in [0.2, 0.25) is 0 Å². The number of hydrogen-bond acceptors (Lipinski definition) is 4. The average Bonchev–Trinajstić information content (AvgIpc) is 2.66. The molecule has 7 nitrogen and oxygen atoms in total. The first-order valence-electron chi connectivity index (χ1n) is 8.63. The molecule has 1 aliphatic carbocycles. The van der Waals surface area contributed by atoms with Crippen LogP contribution >= 0.6 is 0 Å². The van der Waals surface area contributed by atoms with Gasteiger partial charge in [0.15, 0.2) is 0 Å². The molecule has 1 amide bonds. The van der Waals surface area contributed by atoms with E-state index >= 15 is 0 Å². The monoisotopic (exact) mass is 367 g/mol. The number of anilines is 1. The molecule has 1 aliphatic rings. The highest BCUT2D eigenvalue weighted by atomic mass is 16.5. The molecule has 1 atom stereocenters. The van der Waals surface area contributed by atoms with E-state index < -0.39 is 5.97 Å². The van der Waals surface area contributed by atoms with Crippen molar-refractivity contribution in [3.63, 3.8) is 0 Å². The van der Waals surface area contributed by atoms with Gasteiger partial charge >= 0.3 is 5.97 Å². The van der Waals surface area contributed by atoms with Gasteiger partial charge in [0.1, 0.15) is 12.4 Å². The van der Waals surface area contributed by atoms with Crippen LogP contribution in [0.5, 0.6) is 0 Å². The van der Waals surface area contributed by atoms with Crippen molar-refractivity contribution in [2.75, 3.05) is 11.9 Å². The Bertz CT molecular complexity index is 877. The zero-order valence-electron chi connectivity index (χ0n) is 14.7. The molecule has 0 saturated heterocycles. The predicted octanol–water partition coefficient (Wildman–Crippen LogP) is 2.18. The molecule has 0 aliphatic heterocycles. The van der Waals surface area contributed by atoms with Gasteiger partial charge in [0.2, 0.25) is 0 Å². The summed E-state index contributed by atoms with van der Waals surface area (Å²) in [7, 11) is 0. The largest absolute Gasteiger partial charge is 0.480 e. The van der Waals surface area contributed by atoms with Gasteiger partial charge in [-0.05, 0) is 66.8 Å². The van der Waals surface area contributed by atoms with Gasteiger partial charge in [0.25, 0.3) is 5.91 Å². The number of fused-ring (bicyclic) bond motifs is 1. The first-order chi connectivity index (χ1) is 12.9. The van der Waals surface area contributed by atoms with Crippen molar-refractivity contribution in [3.05, 3.63) is 64.7 Å². The summed E-state index contributed by atoms with van der Waals surface area (Å²) in [6, 6.07) is 12.3. The molecule has 0 fully saturated rings. The lowest BCUT2D eigenvalue weighted by Crippen LogP contribution is -2.25. The van der Waals surface area contributed by atoms with Gasteiger partial charge in [0, 0.05) is 16.8 Å². The summed E-state index contributed by atoms with van der Waals surface area (Å²) >= 11 is 0. The number of amidine groups is 1. The van der Waals surface area contributed by atoms with Crippen molar-refractivity contribution in [2.24, 2.45) is 5.73 Å². The maximum atomic E-state index is 12.5. The minimum atomic E-state index is -0.968. The van der Waals surface area contributed by atoms with E-state index in [0.29, 0.717) is 23.2 Å². The molecule has 0 spiro atoms. The molecule has 27 heavy (non-hydrogen) atoms. The van der Waals surface area contributed by atoms with Crippen LogP contribution in [0, 0.1) is 5.41 Å². The van der Waals surface area contributed by atoms with E-state index in [1.807, 2.05) is 12.1 Å². The number of benzene rings is 2. The summed E-state index contributed by atoms with van der Waals surface area (Å²) in [5, 5.41) is 18.9. The Hall–Kier alpha value is -3.19. The Labute approximate surface area is 156 Å². The highest BCUT2D eigenvalue weighted by Crippen LogP contribution is 2.25. The lowest BCUT2D eigenvalue weighted by molar-refractivity contribution is -0.144. The first kappa shape index (κ1) is 18.6. The second-order valence-corrected chi connectivity index (χ2v) is 6.50. The summed E-state index contributed by atoms with van der Waals surface area (Å²) in [6.45, 7) is -0.289. The zero-order valence-corrected chi connectivity index (χ0v) is 14.7. The lowest BCUT2D eigenvalue weighted by Gasteiger charge is -2.24. The van der Waals surface area contributed by atoms with Crippen LogP contribution in [0.4, 0.5) is 5.69 Å². The molecule has 0 radical (unpaired) electrons. The molecule has 1 unspecified atom stereocenters. The second-order valence-electron chi connectivity index (χ2n) is 6.50. The number of nitrogens with two attached hydrogens (primary N) is 1. The summed E-state index contributed by atoms with van der Waals surface area (Å²) in [6.07, 6.45) is 2.02. The van der Waals surface area contributed by atoms with Crippen molar-refractivity contribution in [1.29, 1.82) is 5.41 Å². The van der Waals surface area contributed by atoms with Gasteiger partial charge < -0.3 is 20.9 Å². The topological polar surface area (TPSA) is 126 Å². The number of carboxylic acid groups (broad SMARTS) is 1. The summed E-state index contributed by atoms with van der Waals surface area (Å²) < 4.78 is 5.38. The molecule has 0 bridgehead atoms. The molecule has 5 N–H and O–H groups in total. The minimum Gasteiger partial charge on any atom is -0.480 e. The van der Waals surface area contributed by atoms with Gasteiger partial charge in [-0.25, -0.2) is 4.79 Å². The molecule has 0 saturated carbocycles. The van der Waals surface area contributed by atoms with E-state index in [0.717, 1.165) is 24.0 Å². The fraction of sp³-hybridized carbons (Fsp3) is 0.250. The van der Waals surface area contributed by atoms with Crippen LogP contribution < -0.4 is 11.1 Å². The van der Waals surface area contributed by atoms with Gasteiger partial charge in [-0.2, -0.15) is 0 Å². The van der Waals surface area contributed by atoms with Gasteiger partial charge in [0.05, 0.1) is 6.10 Å². The highest BCUT2D eigenvalue weighted by molar-refractivity contribution is 6.04. The normalized spacial score (nSPS) is 15.6. The molecule has 7 heteroatoms. The van der Waals surface area contributed by atoms with E-state index in [9.17, 15) is 9.59 Å². The van der Waals surface area contributed by atoms with Crippen molar-refractivity contribution >= 4 is 23.4 Å². The smallest absolute Gasteiger partial charge is 0.329 e. The third-order valence-corrected chi connectivity index (χ3v) is 4.55. The zero-order chi connectivity index (χ0) is 19.4. The number of carbonyl (C=O) groups is 2. The quantitative estimate of drug-likeness (QED) is 0.460. The van der Waals surface area contributed by atoms with Gasteiger partial charge in [-0.1, -0.05) is 6.07 Å². The second kappa shape index (κ2) is 8.01. The van der Waals surface area contributed by atoms with Gasteiger partial charge in [-0.3, -0.25) is 10.2 Å². The van der Waals surface area contributed by atoms with Crippen LogP contribution in [0.3, 0.4) is 0 Å². The van der Waals surface area contributed by atoms with E-state index in [1.54, 1.807) is 30.3 Å². The van der Waals surface area contributed by atoms with E-state index in [1.165, 1.54) is 0 Å². The van der Waals surface area contributed by atoms with Crippen molar-refractivity contribution in [3.8, 4) is 0 Å². The molecule has 140 valence electrons. The average molecular weight is 367 g/mol. The number of hydrogen-bond donors (Lipinski definition) is 4. The third kappa shape index (κ3) is 4.71. The number of carbonyl (C=O) groups excluding carboxylic acids is 1. The van der Waals surface area contributed by atoms with Crippen LogP contribution in [-0.4, -0.2) is 35.5 Å². The number of nitrogen functional groups attached to an aromatic ring is 1. The number of carboxylic acids is 1. The van der Waals surface area contributed by atoms with Gasteiger partial charge in [-0.15, -0.1) is 0 Å². The maximum absolute atomic E-state index is 12.5. The number of aryl methyl sites for hydroxylation is 1. The minimum absolute atomic E-state index is 0.0202. The van der Waals surface area contributed by atoms with Crippen molar-refractivity contribution < 1.29 is 19.4 Å². The number of nitrogens with one attached hydrogen (secondary N) is 2. The van der Waals surface area contributed by atoms with Crippen LogP contribution in [0.15, 0.2) is 42.5 Å². The molecular weight excluding hydrogens is 346 g/mol. The van der Waals surface area contributed by atoms with Crippen molar-refractivity contribution in [2.45, 2.75) is 25.4 Å². The molecule has 2 aromatic rings. The number of ether oxygens (including phenoxy) is 1. The van der Waals surface area contributed by atoms with E-state index in [2.05, 4.69) is 5.32 Å². The number of rotatable bonds is 6. The van der Waals surface area contributed by atoms with Crippen LogP contribution in [0.25, 0.3) is 0 Å². The number of aliphatic carboxylic acids is 1. The fourth-order valence-electron chi connectivity index (χ4n) is 3.13. The summed E-state index contributed by atoms with van der Waals surface area (Å²) in [5.41, 5.74) is 9.38. The summed E-state index contributed by atoms with van der Waals surface area (Å²) in [5.74, 6) is -1.20. The third-order valence-electron chi connectivity index (χ3n) is 4.55. The Morgan fingerprint density at radius 1 is 1.15 bits per heavy atom. The lowest BCUT2D eigenvalue weighted by atomic mass is 9.88. The fourth-order valence-corrected chi connectivity index (χ4v) is 3.13. The van der Waals surface area contributed by atoms with E-state index in [-0.39, 0.29) is 24.5 Å². The molecule has 2 aromatic carbocycles. The molecule has 0 heterocycles. The number of amides is 1. The SMILES string of the molecule is N=C(N)c1ccc(NC(=O)c2ccc3c(c2)CCC(OCC(=O)O)C3)cc1. The predicted molar refractivity (Wildman–Crippen MR) is 101 cm³/mol. The highest BCUT2D eigenvalue weighted by Gasteiger charge is 2.21. The molecular formula is C20H21N3O4. The summed E-state index contributed by atoms with van der Waals surface area (Å²) in [4.78, 5) is 23.1. The Balaban J connectivity index is 1.65. The van der Waals surface area contributed by atoms with Crippen LogP contribution in [0.1, 0.15) is 33.5 Å². The van der Waals surface area contributed by atoms with E-state index in [4.69, 9.17) is 21.0 Å². The standard InChI is InChI=1S/C20H21N3O4/c21-19(22)12-3-6-16(7-4-12)23-20(26)15-2-1-14-10-17(27-11-18(24)25)8-5-13(14)9-15/h1-4,6-7,9,17H,5,8,10-11H2,(H3,21,22)(H,23,26)(H,24,25). The molecule has 3 rings (SSSR count). The van der Waals surface area contributed by atoms with Crippen molar-refractivity contribution in [1.82, 2.24) is 0 Å². The Morgan fingerprint density at radius 2 is 1.85 bits per heavy atom. The maximum Gasteiger partial charge on any atom is 0.329 e. The first-order valence-corrected chi connectivity index (χ1v) is 8.63. The Morgan fingerprint density at radius 3 is 2.52 bits per heavy atom. The van der Waals surface area contributed by atoms with Crippen LogP contribution in [-0.2, 0) is 22.4 Å². The Kier molecular flexibility index (Phi) is 5.52. The molecule has 0 aromatic heterocycles.